The summed E-state index contributed by atoms with van der Waals surface area (Å²) in [4.78, 5) is 17.1. The van der Waals surface area contributed by atoms with Gasteiger partial charge in [0.15, 0.2) is 0 Å². The van der Waals surface area contributed by atoms with Crippen molar-refractivity contribution >= 4 is 26.9 Å². The van der Waals surface area contributed by atoms with Crippen molar-refractivity contribution in [3.63, 3.8) is 0 Å². The van der Waals surface area contributed by atoms with Crippen molar-refractivity contribution in [3.05, 3.63) is 119 Å². The van der Waals surface area contributed by atoms with Gasteiger partial charge >= 0.3 is 0 Å². The first-order valence-electron chi connectivity index (χ1n) is 11.4. The molecule has 9 heteroatoms. The predicted molar refractivity (Wildman–Crippen MR) is 145 cm³/mol. The van der Waals surface area contributed by atoms with E-state index in [4.69, 9.17) is 16.3 Å². The summed E-state index contributed by atoms with van der Waals surface area (Å²) in [5, 5.41) is 13.1. The summed E-state index contributed by atoms with van der Waals surface area (Å²) in [6, 6.07) is 27.0. The SMILES string of the molecule is N=C(N)c1cccc(-c2cccc(Cn3c(=O)cnc4cc(-c5ccccc5S(N)(=O)=O)ccc43)c2)c1. The van der Waals surface area contributed by atoms with Crippen LogP contribution in [0.25, 0.3) is 33.3 Å². The molecule has 0 saturated heterocycles. The largest absolute Gasteiger partial charge is 0.384 e. The lowest BCUT2D eigenvalue weighted by Crippen LogP contribution is -2.21. The molecule has 0 unspecified atom stereocenters. The Bertz CT molecular complexity index is 1850. The van der Waals surface area contributed by atoms with Gasteiger partial charge in [-0.05, 0) is 52.6 Å². The molecule has 8 nitrogen and oxygen atoms in total. The number of nitrogen functional groups attached to an aromatic ring is 1. The molecule has 5 aromatic rings. The van der Waals surface area contributed by atoms with Gasteiger partial charge in [-0.15, -0.1) is 0 Å². The number of primary sulfonamides is 1. The summed E-state index contributed by atoms with van der Waals surface area (Å²) in [6.45, 7) is 0.311. The van der Waals surface area contributed by atoms with Crippen LogP contribution in [0.4, 0.5) is 0 Å². The van der Waals surface area contributed by atoms with Crippen molar-refractivity contribution in [2.24, 2.45) is 10.9 Å². The van der Waals surface area contributed by atoms with E-state index in [1.807, 2.05) is 42.5 Å². The first-order chi connectivity index (χ1) is 17.7. The van der Waals surface area contributed by atoms with Crippen LogP contribution in [0.3, 0.4) is 0 Å². The molecule has 0 saturated carbocycles. The maximum absolute atomic E-state index is 12.8. The van der Waals surface area contributed by atoms with Crippen molar-refractivity contribution in [1.82, 2.24) is 9.55 Å². The molecule has 5 rings (SSSR count). The van der Waals surface area contributed by atoms with Crippen LogP contribution in [0, 0.1) is 5.41 Å². The maximum atomic E-state index is 12.8. The van der Waals surface area contributed by atoms with Crippen molar-refractivity contribution in [2.75, 3.05) is 0 Å². The van der Waals surface area contributed by atoms with Gasteiger partial charge in [-0.2, -0.15) is 0 Å². The van der Waals surface area contributed by atoms with Gasteiger partial charge in [-0.25, -0.2) is 18.5 Å². The Morgan fingerprint density at radius 2 is 1.59 bits per heavy atom. The van der Waals surface area contributed by atoms with E-state index >= 15 is 0 Å². The van der Waals surface area contributed by atoms with Gasteiger partial charge in [0, 0.05) is 11.1 Å². The van der Waals surface area contributed by atoms with Crippen LogP contribution in [-0.2, 0) is 16.6 Å². The Labute approximate surface area is 213 Å². The molecule has 0 bridgehead atoms. The summed E-state index contributed by atoms with van der Waals surface area (Å²) in [5.41, 5.74) is 11.0. The van der Waals surface area contributed by atoms with Gasteiger partial charge in [0.2, 0.25) is 10.0 Å². The van der Waals surface area contributed by atoms with E-state index in [2.05, 4.69) is 4.98 Å². The lowest BCUT2D eigenvalue weighted by atomic mass is 10.0. The molecule has 0 aliphatic heterocycles. The Balaban J connectivity index is 1.55. The van der Waals surface area contributed by atoms with E-state index in [1.165, 1.54) is 12.3 Å². The normalized spacial score (nSPS) is 11.5. The average molecular weight is 510 g/mol. The number of benzene rings is 4. The number of rotatable bonds is 6. The minimum Gasteiger partial charge on any atom is -0.384 e. The van der Waals surface area contributed by atoms with E-state index in [0.717, 1.165) is 16.7 Å². The molecule has 0 amide bonds. The molecule has 0 atom stereocenters. The van der Waals surface area contributed by atoms with Gasteiger partial charge in [-0.1, -0.05) is 60.7 Å². The number of amidine groups is 1. The third-order valence-electron chi connectivity index (χ3n) is 6.13. The highest BCUT2D eigenvalue weighted by Gasteiger charge is 2.16. The Morgan fingerprint density at radius 1 is 0.865 bits per heavy atom. The van der Waals surface area contributed by atoms with Crippen LogP contribution in [-0.4, -0.2) is 23.8 Å². The molecule has 0 fully saturated rings. The third-order valence-corrected chi connectivity index (χ3v) is 7.09. The average Bonchev–Trinajstić information content (AvgIpc) is 2.90. The van der Waals surface area contributed by atoms with Crippen LogP contribution >= 0.6 is 0 Å². The standard InChI is InChI=1S/C28H23N5O3S/c29-28(30)22-8-4-7-20(14-22)19-6-3-5-18(13-19)17-33-25-12-11-21(15-24(25)32-16-27(33)34)23-9-1-2-10-26(23)37(31,35)36/h1-16H,17H2,(H3,29,30)(H2,31,35,36). The summed E-state index contributed by atoms with van der Waals surface area (Å²) >= 11 is 0. The zero-order valence-electron chi connectivity index (χ0n) is 19.6. The fraction of sp³-hybridized carbons (Fsp3) is 0.0357. The molecule has 184 valence electrons. The Kier molecular flexibility index (Phi) is 6.16. The molecule has 37 heavy (non-hydrogen) atoms. The number of fused-ring (bicyclic) bond motifs is 1. The second-order valence-corrected chi connectivity index (χ2v) is 10.2. The maximum Gasteiger partial charge on any atom is 0.269 e. The molecular weight excluding hydrogens is 486 g/mol. The zero-order chi connectivity index (χ0) is 26.2. The summed E-state index contributed by atoms with van der Waals surface area (Å²) in [6.07, 6.45) is 1.26. The van der Waals surface area contributed by atoms with Crippen molar-refractivity contribution in [2.45, 2.75) is 11.4 Å². The summed E-state index contributed by atoms with van der Waals surface area (Å²) in [7, 11) is -3.92. The Hall–Kier alpha value is -4.60. The van der Waals surface area contributed by atoms with E-state index in [9.17, 15) is 13.2 Å². The first-order valence-corrected chi connectivity index (χ1v) is 12.9. The predicted octanol–water partition coefficient (Wildman–Crippen LogP) is 3.71. The first kappa shape index (κ1) is 24.1. The molecular formula is C28H23N5O3S. The molecule has 0 aliphatic rings. The minimum absolute atomic E-state index is 0.00105. The lowest BCUT2D eigenvalue weighted by molar-refractivity contribution is 0.598. The van der Waals surface area contributed by atoms with Crippen molar-refractivity contribution in [3.8, 4) is 22.3 Å². The topological polar surface area (TPSA) is 145 Å². The number of hydrogen-bond donors (Lipinski definition) is 3. The van der Waals surface area contributed by atoms with Crippen LogP contribution in [0.2, 0.25) is 0 Å². The molecule has 1 heterocycles. The molecule has 0 aliphatic carbocycles. The quantitative estimate of drug-likeness (QED) is 0.236. The molecule has 4 aromatic carbocycles. The van der Waals surface area contributed by atoms with Crippen LogP contribution in [0.15, 0.2) is 107 Å². The fourth-order valence-electron chi connectivity index (χ4n) is 4.35. The smallest absolute Gasteiger partial charge is 0.269 e. The lowest BCUT2D eigenvalue weighted by Gasteiger charge is -2.13. The number of sulfonamides is 1. The van der Waals surface area contributed by atoms with Gasteiger partial charge in [-0.3, -0.25) is 10.2 Å². The molecule has 0 radical (unpaired) electrons. The highest BCUT2D eigenvalue weighted by molar-refractivity contribution is 7.89. The van der Waals surface area contributed by atoms with Crippen molar-refractivity contribution in [1.29, 1.82) is 5.41 Å². The second-order valence-electron chi connectivity index (χ2n) is 8.62. The van der Waals surface area contributed by atoms with Crippen LogP contribution in [0.5, 0.6) is 0 Å². The summed E-state index contributed by atoms with van der Waals surface area (Å²) in [5.74, 6) is -0.00105. The third kappa shape index (κ3) is 4.90. The van der Waals surface area contributed by atoms with Gasteiger partial charge in [0.1, 0.15) is 5.84 Å². The van der Waals surface area contributed by atoms with Crippen molar-refractivity contribution < 1.29 is 8.42 Å². The molecule has 5 N–H and O–H groups in total. The minimum atomic E-state index is -3.92. The van der Waals surface area contributed by atoms with Crippen LogP contribution in [0.1, 0.15) is 11.1 Å². The van der Waals surface area contributed by atoms with Gasteiger partial charge in [0.25, 0.3) is 5.56 Å². The van der Waals surface area contributed by atoms with E-state index in [1.54, 1.807) is 47.0 Å². The van der Waals surface area contributed by atoms with Crippen LogP contribution < -0.4 is 16.4 Å². The van der Waals surface area contributed by atoms with E-state index in [0.29, 0.717) is 34.3 Å². The fourth-order valence-corrected chi connectivity index (χ4v) is 5.11. The molecule has 0 spiro atoms. The van der Waals surface area contributed by atoms with Gasteiger partial charge in [0.05, 0.1) is 28.7 Å². The number of nitrogens with two attached hydrogens (primary N) is 2. The number of nitrogens with zero attached hydrogens (tertiary/aromatic N) is 2. The number of nitrogens with one attached hydrogen (secondary N) is 1. The second kappa shape index (κ2) is 9.45. The van der Waals surface area contributed by atoms with Gasteiger partial charge < -0.3 is 10.3 Å². The molecule has 1 aromatic heterocycles. The monoisotopic (exact) mass is 509 g/mol. The summed E-state index contributed by atoms with van der Waals surface area (Å²) < 4.78 is 25.8. The van der Waals surface area contributed by atoms with E-state index < -0.39 is 10.0 Å². The highest BCUT2D eigenvalue weighted by Crippen LogP contribution is 2.29. The number of aromatic nitrogens is 2. The Morgan fingerprint density at radius 3 is 2.35 bits per heavy atom. The zero-order valence-corrected chi connectivity index (χ0v) is 20.4. The van der Waals surface area contributed by atoms with E-state index in [-0.39, 0.29) is 16.3 Å². The number of hydrogen-bond acceptors (Lipinski definition) is 5. The highest BCUT2D eigenvalue weighted by atomic mass is 32.2.